The van der Waals surface area contributed by atoms with Crippen LogP contribution in [-0.4, -0.2) is 110 Å². The van der Waals surface area contributed by atoms with Crippen molar-refractivity contribution < 1.29 is 23.9 Å². The zero-order chi connectivity index (χ0) is 27.7. The zero-order valence-electron chi connectivity index (χ0n) is 21.6. The third-order valence-electron chi connectivity index (χ3n) is 6.49. The molecule has 0 bridgehead atoms. The van der Waals surface area contributed by atoms with E-state index in [4.69, 9.17) is 4.74 Å². The van der Waals surface area contributed by atoms with Gasteiger partial charge in [-0.3, -0.25) is 19.2 Å². The molecule has 1 fully saturated rings. The van der Waals surface area contributed by atoms with Crippen LogP contribution in [-0.2, 0) is 4.79 Å². The Morgan fingerprint density at radius 1 is 0.974 bits per heavy atom. The first-order valence-corrected chi connectivity index (χ1v) is 12.2. The molecule has 1 saturated heterocycles. The molecular formula is C26H26N8O5. The number of H-pyrrole nitrogens is 1. The molecule has 1 aliphatic heterocycles. The second-order valence-electron chi connectivity index (χ2n) is 9.09. The summed E-state index contributed by atoms with van der Waals surface area (Å²) in [5.41, 5.74) is 1.08. The van der Waals surface area contributed by atoms with Gasteiger partial charge in [-0.15, -0.1) is 5.10 Å². The van der Waals surface area contributed by atoms with Crippen LogP contribution in [0.3, 0.4) is 0 Å². The van der Waals surface area contributed by atoms with Gasteiger partial charge in [-0.05, 0) is 12.1 Å². The fraction of sp³-hybridized carbons (Fsp3) is 0.269. The summed E-state index contributed by atoms with van der Waals surface area (Å²) in [5, 5.41) is 4.57. The quantitative estimate of drug-likeness (QED) is 0.287. The molecule has 0 aliphatic carbocycles. The van der Waals surface area contributed by atoms with Gasteiger partial charge in [0.25, 0.3) is 23.5 Å². The second kappa shape index (κ2) is 10.4. The van der Waals surface area contributed by atoms with Crippen molar-refractivity contribution in [3.8, 4) is 11.6 Å². The number of piperazine rings is 1. The lowest BCUT2D eigenvalue weighted by molar-refractivity contribution is -0.127. The fourth-order valence-electron chi connectivity index (χ4n) is 4.41. The number of Topliss-reactive ketones (excluding diaryl/α,β-unsaturated/α-hetero) is 1. The van der Waals surface area contributed by atoms with Crippen molar-refractivity contribution in [3.63, 3.8) is 0 Å². The Hall–Kier alpha value is -5.07. The number of nitrogens with one attached hydrogen (secondary N) is 1. The normalized spacial score (nSPS) is 13.4. The van der Waals surface area contributed by atoms with E-state index in [9.17, 15) is 19.2 Å². The third-order valence-corrected chi connectivity index (χ3v) is 6.49. The number of amides is 3. The van der Waals surface area contributed by atoms with Gasteiger partial charge in [-0.1, -0.05) is 18.2 Å². The summed E-state index contributed by atoms with van der Waals surface area (Å²) in [6.45, 7) is 1.10. The molecule has 3 amide bonds. The first-order valence-electron chi connectivity index (χ1n) is 12.2. The smallest absolute Gasteiger partial charge is 0.295 e. The van der Waals surface area contributed by atoms with Crippen LogP contribution in [0.25, 0.3) is 16.7 Å². The number of hydrogen-bond acceptors (Lipinski definition) is 8. The Labute approximate surface area is 223 Å². The van der Waals surface area contributed by atoms with Crippen molar-refractivity contribution in [2.45, 2.75) is 0 Å². The highest BCUT2D eigenvalue weighted by molar-refractivity contribution is 6.45. The monoisotopic (exact) mass is 530 g/mol. The first-order chi connectivity index (χ1) is 18.8. The maximum absolute atomic E-state index is 13.4. The van der Waals surface area contributed by atoms with Crippen LogP contribution in [0.15, 0.2) is 49.1 Å². The lowest BCUT2D eigenvalue weighted by Crippen LogP contribution is -2.52. The Balaban J connectivity index is 1.38. The fourth-order valence-corrected chi connectivity index (χ4v) is 4.41. The van der Waals surface area contributed by atoms with Crippen LogP contribution in [0.5, 0.6) is 5.75 Å². The molecular weight excluding hydrogens is 504 g/mol. The van der Waals surface area contributed by atoms with E-state index in [1.165, 1.54) is 40.3 Å². The molecule has 5 rings (SSSR count). The molecule has 200 valence electrons. The van der Waals surface area contributed by atoms with E-state index in [1.54, 1.807) is 43.3 Å². The summed E-state index contributed by atoms with van der Waals surface area (Å²) in [4.78, 5) is 67.4. The molecule has 1 N–H and O–H groups in total. The van der Waals surface area contributed by atoms with Gasteiger partial charge in [-0.2, -0.15) is 4.68 Å². The van der Waals surface area contributed by atoms with Crippen molar-refractivity contribution in [3.05, 3.63) is 66.0 Å². The minimum atomic E-state index is -0.721. The number of rotatable bonds is 6. The highest BCUT2D eigenvalue weighted by Crippen LogP contribution is 2.32. The van der Waals surface area contributed by atoms with Gasteiger partial charge < -0.3 is 24.4 Å². The Kier molecular flexibility index (Phi) is 6.79. The summed E-state index contributed by atoms with van der Waals surface area (Å²) in [6.07, 6.45) is 4.18. The number of benzene rings is 1. The number of fused-ring (bicyclic) bond motifs is 1. The highest BCUT2D eigenvalue weighted by Gasteiger charge is 2.31. The zero-order valence-corrected chi connectivity index (χ0v) is 21.6. The Bertz CT molecular complexity index is 1570. The minimum Gasteiger partial charge on any atom is -0.494 e. The summed E-state index contributed by atoms with van der Waals surface area (Å²) in [6, 6.07) is 8.93. The van der Waals surface area contributed by atoms with Crippen LogP contribution in [0.2, 0.25) is 0 Å². The summed E-state index contributed by atoms with van der Waals surface area (Å²) in [7, 11) is 4.62. The lowest BCUT2D eigenvalue weighted by atomic mass is 10.1. The molecule has 0 atom stereocenters. The number of carbonyl (C=O) groups excluding carboxylic acids is 4. The Morgan fingerprint density at radius 2 is 1.67 bits per heavy atom. The molecule has 13 nitrogen and oxygen atoms in total. The van der Waals surface area contributed by atoms with E-state index in [0.717, 1.165) is 0 Å². The highest BCUT2D eigenvalue weighted by atomic mass is 16.5. The second-order valence-corrected chi connectivity index (χ2v) is 9.09. The van der Waals surface area contributed by atoms with E-state index in [2.05, 4.69) is 20.1 Å². The van der Waals surface area contributed by atoms with Gasteiger partial charge >= 0.3 is 0 Å². The van der Waals surface area contributed by atoms with Crippen LogP contribution >= 0.6 is 0 Å². The van der Waals surface area contributed by atoms with Gasteiger partial charge in [0.2, 0.25) is 5.82 Å². The average molecular weight is 531 g/mol. The number of methoxy groups -OCH3 is 1. The Morgan fingerprint density at radius 3 is 2.33 bits per heavy atom. The molecule has 1 aliphatic rings. The van der Waals surface area contributed by atoms with Gasteiger partial charge in [0, 0.05) is 52.0 Å². The standard InChI is InChI=1S/C26H26N8O5/c1-31(2)26(38)22-29-15-34(30-22)23-20-19(18(39-3)14-28-23)17(13-27-20)21(35)25(37)33-11-9-32(10-12-33)24(36)16-7-5-4-6-8-16/h4-8,13-15,27H,9-12H2,1-3H3. The van der Waals surface area contributed by atoms with E-state index in [0.29, 0.717) is 29.6 Å². The van der Waals surface area contributed by atoms with E-state index in [1.807, 2.05) is 6.07 Å². The number of nitrogens with zero attached hydrogens (tertiary/aromatic N) is 7. The van der Waals surface area contributed by atoms with Gasteiger partial charge in [0.15, 0.2) is 5.82 Å². The third kappa shape index (κ3) is 4.69. The lowest BCUT2D eigenvalue weighted by Gasteiger charge is -2.34. The molecule has 3 aromatic heterocycles. The summed E-state index contributed by atoms with van der Waals surface area (Å²) >= 11 is 0. The minimum absolute atomic E-state index is 0.0197. The number of aromatic nitrogens is 5. The largest absolute Gasteiger partial charge is 0.494 e. The molecule has 4 aromatic rings. The van der Waals surface area contributed by atoms with Crippen molar-refractivity contribution in [1.82, 2.24) is 39.4 Å². The van der Waals surface area contributed by atoms with Crippen LogP contribution in [0.4, 0.5) is 0 Å². The maximum Gasteiger partial charge on any atom is 0.295 e. The van der Waals surface area contributed by atoms with Crippen LogP contribution in [0.1, 0.15) is 31.3 Å². The number of hydrogen-bond donors (Lipinski definition) is 1. The van der Waals surface area contributed by atoms with E-state index in [-0.39, 0.29) is 47.9 Å². The predicted octanol–water partition coefficient (Wildman–Crippen LogP) is 1.02. The van der Waals surface area contributed by atoms with Crippen molar-refractivity contribution in [2.24, 2.45) is 0 Å². The average Bonchev–Trinajstić information content (AvgIpc) is 3.64. The SMILES string of the molecule is COc1cnc(-n2cnc(C(=O)N(C)C)n2)c2[nH]cc(C(=O)C(=O)N3CCN(C(=O)c4ccccc4)CC3)c12. The van der Waals surface area contributed by atoms with Gasteiger partial charge in [-0.25, -0.2) is 9.97 Å². The van der Waals surface area contributed by atoms with Crippen LogP contribution < -0.4 is 4.74 Å². The molecule has 0 unspecified atom stereocenters. The number of aromatic amines is 1. The number of ketones is 1. The number of carbonyl (C=O) groups is 4. The van der Waals surface area contributed by atoms with E-state index < -0.39 is 11.7 Å². The number of pyridine rings is 1. The maximum atomic E-state index is 13.4. The van der Waals surface area contributed by atoms with Crippen molar-refractivity contribution in [2.75, 3.05) is 47.4 Å². The molecule has 0 radical (unpaired) electrons. The van der Waals surface area contributed by atoms with Gasteiger partial charge in [0.1, 0.15) is 12.1 Å². The summed E-state index contributed by atoms with van der Waals surface area (Å²) < 4.78 is 6.75. The first kappa shape index (κ1) is 25.6. The molecule has 0 spiro atoms. The van der Waals surface area contributed by atoms with Crippen LogP contribution in [0, 0.1) is 0 Å². The van der Waals surface area contributed by atoms with Crippen molar-refractivity contribution in [1.29, 1.82) is 0 Å². The van der Waals surface area contributed by atoms with Crippen molar-refractivity contribution >= 4 is 34.4 Å². The molecule has 1 aromatic carbocycles. The predicted molar refractivity (Wildman–Crippen MR) is 139 cm³/mol. The molecule has 0 saturated carbocycles. The summed E-state index contributed by atoms with van der Waals surface area (Å²) in [5.74, 6) is -1.35. The molecule has 13 heteroatoms. The molecule has 39 heavy (non-hydrogen) atoms. The topological polar surface area (TPSA) is 147 Å². The van der Waals surface area contributed by atoms with Gasteiger partial charge in [0.05, 0.1) is 29.8 Å². The molecule has 4 heterocycles. The number of ether oxygens (including phenoxy) is 1. The van der Waals surface area contributed by atoms with E-state index >= 15 is 0 Å².